The van der Waals surface area contributed by atoms with E-state index >= 15 is 0 Å². The standard InChI is InChI=1S/C4H4F4O.C2H6/c5-3(1-2-9)4(6,7)8;1-2/h1,9H,2H2;1-2H3/b3-1-;. The van der Waals surface area contributed by atoms with Gasteiger partial charge in [0.25, 0.3) is 0 Å². The fourth-order valence-corrected chi connectivity index (χ4v) is 0.196. The third kappa shape index (κ3) is 7.32. The molecule has 0 rings (SSSR count). The highest BCUT2D eigenvalue weighted by atomic mass is 19.4. The molecule has 0 aliphatic heterocycles. The van der Waals surface area contributed by atoms with Crippen molar-refractivity contribution in [2.45, 2.75) is 20.0 Å². The molecule has 0 saturated heterocycles. The van der Waals surface area contributed by atoms with Crippen molar-refractivity contribution in [2.75, 3.05) is 6.61 Å². The molecule has 0 atom stereocenters. The summed E-state index contributed by atoms with van der Waals surface area (Å²) in [5, 5.41) is 7.78. The molecule has 1 N–H and O–H groups in total. The van der Waals surface area contributed by atoms with Crippen LogP contribution in [0.3, 0.4) is 0 Å². The summed E-state index contributed by atoms with van der Waals surface area (Å²) < 4.78 is 44.7. The number of hydrogen-bond donors (Lipinski definition) is 1. The van der Waals surface area contributed by atoms with Gasteiger partial charge < -0.3 is 5.11 Å². The normalized spacial score (nSPS) is 12.1. The Bertz CT molecular complexity index is 116. The van der Waals surface area contributed by atoms with Crippen molar-refractivity contribution in [3.05, 3.63) is 11.9 Å². The Morgan fingerprint density at radius 1 is 1.36 bits per heavy atom. The van der Waals surface area contributed by atoms with Crippen molar-refractivity contribution in [2.24, 2.45) is 0 Å². The second kappa shape index (κ2) is 6.15. The first-order valence-corrected chi connectivity index (χ1v) is 3.02. The molecule has 1 nitrogen and oxygen atoms in total. The average Bonchev–Trinajstić information content (AvgIpc) is 1.91. The van der Waals surface area contributed by atoms with Gasteiger partial charge in [0.2, 0.25) is 5.83 Å². The van der Waals surface area contributed by atoms with E-state index in [0.29, 0.717) is 0 Å². The Balaban J connectivity index is 0. The summed E-state index contributed by atoms with van der Waals surface area (Å²) in [7, 11) is 0. The maximum Gasteiger partial charge on any atom is 0.442 e. The summed E-state index contributed by atoms with van der Waals surface area (Å²) in [6.45, 7) is 3.06. The lowest BCUT2D eigenvalue weighted by Crippen LogP contribution is -2.08. The minimum atomic E-state index is -4.96. The lowest BCUT2D eigenvalue weighted by atomic mass is 10.5. The number of alkyl halides is 3. The number of allylic oxidation sites excluding steroid dienone is 1. The molecule has 5 heteroatoms. The summed E-state index contributed by atoms with van der Waals surface area (Å²) in [5.41, 5.74) is 0. The molecule has 0 radical (unpaired) electrons. The predicted octanol–water partition coefficient (Wildman–Crippen LogP) is 2.42. The maximum absolute atomic E-state index is 11.5. The molecule has 0 spiro atoms. The zero-order chi connectivity index (χ0) is 9.49. The Morgan fingerprint density at radius 2 is 1.73 bits per heavy atom. The SMILES string of the molecule is CC.OC/C=C(\F)C(F)(F)F. The molecule has 0 aliphatic carbocycles. The number of aliphatic hydroxyl groups is 1. The van der Waals surface area contributed by atoms with Gasteiger partial charge in [0.05, 0.1) is 6.61 Å². The highest BCUT2D eigenvalue weighted by Gasteiger charge is 2.33. The van der Waals surface area contributed by atoms with E-state index in [1.165, 1.54) is 0 Å². The monoisotopic (exact) mass is 174 g/mol. The zero-order valence-electron chi connectivity index (χ0n) is 6.24. The first-order valence-electron chi connectivity index (χ1n) is 3.02. The topological polar surface area (TPSA) is 20.2 Å². The van der Waals surface area contributed by atoms with Crippen molar-refractivity contribution in [1.29, 1.82) is 0 Å². The van der Waals surface area contributed by atoms with E-state index in [2.05, 4.69) is 0 Å². The van der Waals surface area contributed by atoms with Gasteiger partial charge in [-0.2, -0.15) is 13.2 Å². The number of halogens is 4. The molecule has 0 amide bonds. The quantitative estimate of drug-likeness (QED) is 0.605. The van der Waals surface area contributed by atoms with Gasteiger partial charge in [0.15, 0.2) is 0 Å². The number of rotatable bonds is 1. The molecule has 0 fully saturated rings. The van der Waals surface area contributed by atoms with Crippen molar-refractivity contribution < 1.29 is 22.7 Å². The van der Waals surface area contributed by atoms with Crippen molar-refractivity contribution in [3.63, 3.8) is 0 Å². The van der Waals surface area contributed by atoms with E-state index in [1.807, 2.05) is 13.8 Å². The van der Waals surface area contributed by atoms with Gasteiger partial charge in [0.1, 0.15) is 0 Å². The Labute approximate surface area is 62.3 Å². The summed E-state index contributed by atoms with van der Waals surface area (Å²) in [6, 6.07) is 0. The van der Waals surface area contributed by atoms with E-state index in [1.54, 1.807) is 0 Å². The highest BCUT2D eigenvalue weighted by Crippen LogP contribution is 2.25. The van der Waals surface area contributed by atoms with E-state index in [4.69, 9.17) is 5.11 Å². The van der Waals surface area contributed by atoms with Gasteiger partial charge in [-0.05, 0) is 6.08 Å². The number of aliphatic hydroxyl groups excluding tert-OH is 1. The molecule has 0 unspecified atom stereocenters. The molecule has 0 aromatic carbocycles. The predicted molar refractivity (Wildman–Crippen MR) is 33.7 cm³/mol. The third-order valence-electron chi connectivity index (χ3n) is 0.541. The lowest BCUT2D eigenvalue weighted by molar-refractivity contribution is -0.109. The molecule has 0 heterocycles. The van der Waals surface area contributed by atoms with Crippen LogP contribution in [0.25, 0.3) is 0 Å². The van der Waals surface area contributed by atoms with Crippen molar-refractivity contribution >= 4 is 0 Å². The zero-order valence-corrected chi connectivity index (χ0v) is 6.24. The first-order chi connectivity index (χ1) is 4.98. The lowest BCUT2D eigenvalue weighted by Gasteiger charge is -1.99. The molecule has 0 aliphatic rings. The van der Waals surface area contributed by atoms with Crippen molar-refractivity contribution in [3.8, 4) is 0 Å². The minimum absolute atomic E-state index is 0.0556. The Hall–Kier alpha value is -0.580. The van der Waals surface area contributed by atoms with E-state index in [-0.39, 0.29) is 6.08 Å². The molecule has 0 bridgehead atoms. The van der Waals surface area contributed by atoms with Crippen molar-refractivity contribution in [1.82, 2.24) is 0 Å². The van der Waals surface area contributed by atoms with Crippen LogP contribution in [0.1, 0.15) is 13.8 Å². The van der Waals surface area contributed by atoms with Crippen LogP contribution < -0.4 is 0 Å². The fourth-order valence-electron chi connectivity index (χ4n) is 0.196. The van der Waals surface area contributed by atoms with Crippen LogP contribution in [-0.2, 0) is 0 Å². The van der Waals surface area contributed by atoms with Gasteiger partial charge in [-0.1, -0.05) is 13.8 Å². The molecule has 11 heavy (non-hydrogen) atoms. The molecule has 68 valence electrons. The second-order valence-electron chi connectivity index (χ2n) is 1.23. The molecular formula is C6H10F4O. The minimum Gasteiger partial charge on any atom is -0.392 e. The summed E-state index contributed by atoms with van der Waals surface area (Å²) in [5.74, 6) is -2.26. The largest absolute Gasteiger partial charge is 0.442 e. The molecule has 0 aromatic heterocycles. The van der Waals surface area contributed by atoms with Gasteiger partial charge >= 0.3 is 6.18 Å². The summed E-state index contributed by atoms with van der Waals surface area (Å²) >= 11 is 0. The Morgan fingerprint density at radius 3 is 1.82 bits per heavy atom. The van der Waals surface area contributed by atoms with Crippen LogP contribution in [0.2, 0.25) is 0 Å². The molecule has 0 aromatic rings. The summed E-state index contributed by atoms with van der Waals surface area (Å²) in [4.78, 5) is 0. The summed E-state index contributed by atoms with van der Waals surface area (Å²) in [6.07, 6.45) is -4.90. The second-order valence-corrected chi connectivity index (χ2v) is 1.23. The highest BCUT2D eigenvalue weighted by molar-refractivity contribution is 4.98. The molecular weight excluding hydrogens is 164 g/mol. The van der Waals surface area contributed by atoms with Gasteiger partial charge in [-0.15, -0.1) is 0 Å². The number of hydrogen-bond acceptors (Lipinski definition) is 1. The Kier molecular flexibility index (Phi) is 7.29. The van der Waals surface area contributed by atoms with Crippen LogP contribution in [0.4, 0.5) is 17.6 Å². The van der Waals surface area contributed by atoms with E-state index < -0.39 is 18.6 Å². The first kappa shape index (κ1) is 13.0. The van der Waals surface area contributed by atoms with Crippen LogP contribution in [0, 0.1) is 0 Å². The van der Waals surface area contributed by atoms with Gasteiger partial charge in [0, 0.05) is 0 Å². The fraction of sp³-hybridized carbons (Fsp3) is 0.667. The maximum atomic E-state index is 11.5. The van der Waals surface area contributed by atoms with E-state index in [0.717, 1.165) is 0 Å². The van der Waals surface area contributed by atoms with Gasteiger partial charge in [-0.3, -0.25) is 0 Å². The van der Waals surface area contributed by atoms with Crippen LogP contribution in [0.5, 0.6) is 0 Å². The average molecular weight is 174 g/mol. The van der Waals surface area contributed by atoms with Crippen LogP contribution >= 0.6 is 0 Å². The smallest absolute Gasteiger partial charge is 0.392 e. The van der Waals surface area contributed by atoms with Crippen LogP contribution in [0.15, 0.2) is 11.9 Å². The van der Waals surface area contributed by atoms with E-state index in [9.17, 15) is 17.6 Å². The third-order valence-corrected chi connectivity index (χ3v) is 0.541. The van der Waals surface area contributed by atoms with Gasteiger partial charge in [-0.25, -0.2) is 4.39 Å². The van der Waals surface area contributed by atoms with Crippen LogP contribution in [-0.4, -0.2) is 17.9 Å². The molecule has 0 saturated carbocycles.